The van der Waals surface area contributed by atoms with E-state index in [4.69, 9.17) is 11.6 Å². The molecule has 0 unspecified atom stereocenters. The minimum atomic E-state index is -0.115. The van der Waals surface area contributed by atoms with Crippen LogP contribution < -0.4 is 5.56 Å². The Morgan fingerprint density at radius 3 is 2.57 bits per heavy atom. The molecule has 3 rings (SSSR count). The first-order chi connectivity index (χ1) is 10.1. The molecule has 0 atom stereocenters. The van der Waals surface area contributed by atoms with Gasteiger partial charge in [-0.1, -0.05) is 53.6 Å². The van der Waals surface area contributed by atoms with Crippen LogP contribution in [0.5, 0.6) is 0 Å². The van der Waals surface area contributed by atoms with Crippen LogP contribution in [0.4, 0.5) is 0 Å². The van der Waals surface area contributed by atoms with E-state index in [1.54, 1.807) is 6.07 Å². The number of hydrogen-bond acceptors (Lipinski definition) is 2. The summed E-state index contributed by atoms with van der Waals surface area (Å²) in [5.41, 5.74) is 3.26. The van der Waals surface area contributed by atoms with Gasteiger partial charge in [0.1, 0.15) is 0 Å². The molecule has 21 heavy (non-hydrogen) atoms. The molecular formula is C17H15ClN2O. The van der Waals surface area contributed by atoms with Gasteiger partial charge < -0.3 is 0 Å². The van der Waals surface area contributed by atoms with Crippen molar-refractivity contribution in [1.82, 2.24) is 9.78 Å². The van der Waals surface area contributed by atoms with E-state index in [1.165, 1.54) is 4.68 Å². The standard InChI is InChI=1S/C17H15ClN2O/c1-11-7-8-12(2)13(9-11)10-20-17(21)15-6-4-3-5-14(15)16(18)19-20/h3-9H,10H2,1-2H3. The van der Waals surface area contributed by atoms with Gasteiger partial charge in [0.2, 0.25) is 0 Å². The zero-order valence-electron chi connectivity index (χ0n) is 11.9. The number of fused-ring (bicyclic) bond motifs is 1. The number of hydrogen-bond donors (Lipinski definition) is 0. The maximum absolute atomic E-state index is 12.5. The summed E-state index contributed by atoms with van der Waals surface area (Å²) in [5.74, 6) is 0. The molecule has 0 amide bonds. The Labute approximate surface area is 127 Å². The largest absolute Gasteiger partial charge is 0.275 e. The highest BCUT2D eigenvalue weighted by atomic mass is 35.5. The summed E-state index contributed by atoms with van der Waals surface area (Å²) in [6.45, 7) is 4.49. The second kappa shape index (κ2) is 5.34. The van der Waals surface area contributed by atoms with E-state index < -0.39 is 0 Å². The summed E-state index contributed by atoms with van der Waals surface area (Å²) in [6.07, 6.45) is 0. The lowest BCUT2D eigenvalue weighted by atomic mass is 10.1. The van der Waals surface area contributed by atoms with Crippen LogP contribution in [0.25, 0.3) is 10.8 Å². The average molecular weight is 299 g/mol. The molecule has 0 saturated carbocycles. The molecule has 1 heterocycles. The molecule has 0 spiro atoms. The van der Waals surface area contributed by atoms with Gasteiger partial charge in [-0.2, -0.15) is 5.10 Å². The van der Waals surface area contributed by atoms with Crippen molar-refractivity contribution in [3.63, 3.8) is 0 Å². The van der Waals surface area contributed by atoms with Crippen molar-refractivity contribution in [2.75, 3.05) is 0 Å². The topological polar surface area (TPSA) is 34.9 Å². The van der Waals surface area contributed by atoms with Crippen LogP contribution in [0, 0.1) is 13.8 Å². The average Bonchev–Trinajstić information content (AvgIpc) is 2.48. The first-order valence-electron chi connectivity index (χ1n) is 6.78. The third-order valence-corrected chi connectivity index (χ3v) is 3.93. The Morgan fingerprint density at radius 1 is 1.10 bits per heavy atom. The Balaban J connectivity index is 2.15. The first kappa shape index (κ1) is 13.8. The number of halogens is 1. The Bertz CT molecular complexity index is 884. The van der Waals surface area contributed by atoms with E-state index in [0.717, 1.165) is 16.7 Å². The van der Waals surface area contributed by atoms with Crippen molar-refractivity contribution in [3.05, 3.63) is 74.7 Å². The van der Waals surface area contributed by atoms with Crippen LogP contribution in [-0.4, -0.2) is 9.78 Å². The van der Waals surface area contributed by atoms with Crippen molar-refractivity contribution in [2.45, 2.75) is 20.4 Å². The lowest BCUT2D eigenvalue weighted by Gasteiger charge is -2.10. The molecule has 3 nitrogen and oxygen atoms in total. The third-order valence-electron chi connectivity index (χ3n) is 3.65. The number of aromatic nitrogens is 2. The fraction of sp³-hybridized carbons (Fsp3) is 0.176. The summed E-state index contributed by atoms with van der Waals surface area (Å²) in [5, 5.41) is 5.89. The van der Waals surface area contributed by atoms with E-state index in [2.05, 4.69) is 23.3 Å². The summed E-state index contributed by atoms with van der Waals surface area (Å²) < 4.78 is 1.44. The molecule has 0 N–H and O–H groups in total. The fourth-order valence-corrected chi connectivity index (χ4v) is 2.69. The highest BCUT2D eigenvalue weighted by molar-refractivity contribution is 6.34. The van der Waals surface area contributed by atoms with E-state index in [1.807, 2.05) is 32.0 Å². The minimum Gasteiger partial charge on any atom is -0.267 e. The SMILES string of the molecule is Cc1ccc(C)c(Cn2nc(Cl)c3ccccc3c2=O)c1. The highest BCUT2D eigenvalue weighted by Crippen LogP contribution is 2.18. The quantitative estimate of drug-likeness (QED) is 0.723. The molecule has 0 fully saturated rings. The Morgan fingerprint density at radius 2 is 1.81 bits per heavy atom. The minimum absolute atomic E-state index is 0.115. The second-order valence-electron chi connectivity index (χ2n) is 5.23. The van der Waals surface area contributed by atoms with Gasteiger partial charge in [0, 0.05) is 5.39 Å². The van der Waals surface area contributed by atoms with E-state index in [-0.39, 0.29) is 5.56 Å². The molecule has 0 aliphatic carbocycles. The van der Waals surface area contributed by atoms with Gasteiger partial charge in [-0.05, 0) is 31.0 Å². The van der Waals surface area contributed by atoms with Crippen LogP contribution in [0.3, 0.4) is 0 Å². The molecule has 3 aromatic rings. The van der Waals surface area contributed by atoms with Crippen molar-refractivity contribution in [1.29, 1.82) is 0 Å². The van der Waals surface area contributed by atoms with Gasteiger partial charge in [0.15, 0.2) is 5.15 Å². The van der Waals surface area contributed by atoms with Gasteiger partial charge in [-0.15, -0.1) is 0 Å². The summed E-state index contributed by atoms with van der Waals surface area (Å²) in [6, 6.07) is 13.5. The van der Waals surface area contributed by atoms with E-state index >= 15 is 0 Å². The normalized spacial score (nSPS) is 11.0. The molecular weight excluding hydrogens is 284 g/mol. The van der Waals surface area contributed by atoms with Crippen LogP contribution in [0.1, 0.15) is 16.7 Å². The van der Waals surface area contributed by atoms with E-state index in [9.17, 15) is 4.79 Å². The molecule has 0 aliphatic rings. The van der Waals surface area contributed by atoms with Gasteiger partial charge in [0.25, 0.3) is 5.56 Å². The highest BCUT2D eigenvalue weighted by Gasteiger charge is 2.10. The van der Waals surface area contributed by atoms with E-state index in [0.29, 0.717) is 22.5 Å². The van der Waals surface area contributed by atoms with Gasteiger partial charge in [0.05, 0.1) is 11.9 Å². The molecule has 0 aliphatic heterocycles. The molecule has 4 heteroatoms. The maximum Gasteiger partial charge on any atom is 0.275 e. The second-order valence-corrected chi connectivity index (χ2v) is 5.59. The summed E-state index contributed by atoms with van der Waals surface area (Å²) in [4.78, 5) is 12.5. The Kier molecular flexibility index (Phi) is 3.52. The fourth-order valence-electron chi connectivity index (χ4n) is 2.43. The zero-order chi connectivity index (χ0) is 15.0. The van der Waals surface area contributed by atoms with Crippen molar-refractivity contribution >= 4 is 22.4 Å². The zero-order valence-corrected chi connectivity index (χ0v) is 12.7. The third kappa shape index (κ3) is 2.57. The Hall–Kier alpha value is -2.13. The van der Waals surface area contributed by atoms with Crippen LogP contribution >= 0.6 is 11.6 Å². The summed E-state index contributed by atoms with van der Waals surface area (Å²) in [7, 11) is 0. The molecule has 0 saturated heterocycles. The molecule has 106 valence electrons. The predicted molar refractivity (Wildman–Crippen MR) is 86.0 cm³/mol. The maximum atomic E-state index is 12.5. The smallest absolute Gasteiger partial charge is 0.267 e. The first-order valence-corrected chi connectivity index (χ1v) is 7.15. The van der Waals surface area contributed by atoms with Crippen LogP contribution in [0.15, 0.2) is 47.3 Å². The lowest BCUT2D eigenvalue weighted by molar-refractivity contribution is 0.645. The predicted octanol–water partition coefficient (Wildman–Crippen LogP) is 3.72. The number of aryl methyl sites for hydroxylation is 2. The van der Waals surface area contributed by atoms with Gasteiger partial charge in [-0.3, -0.25) is 4.79 Å². The molecule has 0 radical (unpaired) electrons. The molecule has 2 aromatic carbocycles. The van der Waals surface area contributed by atoms with Crippen LogP contribution in [-0.2, 0) is 6.54 Å². The number of nitrogens with zero attached hydrogens (tertiary/aromatic N) is 2. The number of rotatable bonds is 2. The van der Waals surface area contributed by atoms with Crippen molar-refractivity contribution in [2.24, 2.45) is 0 Å². The van der Waals surface area contributed by atoms with Crippen molar-refractivity contribution < 1.29 is 0 Å². The lowest BCUT2D eigenvalue weighted by Crippen LogP contribution is -2.24. The van der Waals surface area contributed by atoms with Crippen molar-refractivity contribution in [3.8, 4) is 0 Å². The van der Waals surface area contributed by atoms with Gasteiger partial charge >= 0.3 is 0 Å². The number of benzene rings is 2. The monoisotopic (exact) mass is 298 g/mol. The molecule has 1 aromatic heterocycles. The summed E-state index contributed by atoms with van der Waals surface area (Å²) >= 11 is 6.20. The molecule has 0 bridgehead atoms. The van der Waals surface area contributed by atoms with Crippen LogP contribution in [0.2, 0.25) is 5.15 Å². The van der Waals surface area contributed by atoms with Gasteiger partial charge in [-0.25, -0.2) is 4.68 Å².